The van der Waals surface area contributed by atoms with Crippen molar-refractivity contribution in [1.82, 2.24) is 20.2 Å². The second kappa shape index (κ2) is 10.5. The van der Waals surface area contributed by atoms with Crippen LogP contribution in [0.5, 0.6) is 5.75 Å². The van der Waals surface area contributed by atoms with Crippen molar-refractivity contribution < 1.29 is 13.9 Å². The summed E-state index contributed by atoms with van der Waals surface area (Å²) in [6.45, 7) is 4.52. The van der Waals surface area contributed by atoms with Crippen molar-refractivity contribution in [3.8, 4) is 5.75 Å². The first-order valence-electron chi connectivity index (χ1n) is 12.3. The van der Waals surface area contributed by atoms with Crippen LogP contribution in [0.15, 0.2) is 53.8 Å². The van der Waals surface area contributed by atoms with E-state index in [1.807, 2.05) is 31.3 Å². The number of carbonyl (C=O) groups excluding carboxylic acids is 1. The number of fused-ring (bicyclic) bond motifs is 1. The van der Waals surface area contributed by atoms with Gasteiger partial charge in [-0.3, -0.25) is 24.7 Å². The summed E-state index contributed by atoms with van der Waals surface area (Å²) in [5.41, 5.74) is 6.28. The van der Waals surface area contributed by atoms with Crippen LogP contribution in [-0.4, -0.2) is 52.7 Å². The molecule has 7 nitrogen and oxygen atoms in total. The summed E-state index contributed by atoms with van der Waals surface area (Å²) in [6.07, 6.45) is 5.67. The first kappa shape index (κ1) is 24.1. The largest absolute Gasteiger partial charge is 0.496 e. The first-order valence-corrected chi connectivity index (χ1v) is 12.3. The fourth-order valence-corrected chi connectivity index (χ4v) is 5.04. The van der Waals surface area contributed by atoms with Crippen molar-refractivity contribution in [1.29, 1.82) is 0 Å². The molecule has 1 fully saturated rings. The number of nitrogens with zero attached hydrogens (tertiary/aromatic N) is 4. The van der Waals surface area contributed by atoms with Crippen LogP contribution < -0.4 is 10.1 Å². The van der Waals surface area contributed by atoms with Gasteiger partial charge in [-0.1, -0.05) is 6.07 Å². The van der Waals surface area contributed by atoms with Gasteiger partial charge in [0.2, 0.25) is 5.91 Å². The number of aryl methyl sites for hydroxylation is 1. The molecule has 3 aromatic rings. The van der Waals surface area contributed by atoms with Crippen LogP contribution in [0.4, 0.5) is 4.39 Å². The molecule has 1 atom stereocenters. The number of aromatic nitrogens is 2. The topological polar surface area (TPSA) is 79.7 Å². The second-order valence-electron chi connectivity index (χ2n) is 9.42. The van der Waals surface area contributed by atoms with Crippen LogP contribution >= 0.6 is 0 Å². The van der Waals surface area contributed by atoms with Gasteiger partial charge in [-0.25, -0.2) is 4.39 Å². The number of nitrogens with one attached hydrogen (secondary N) is 1. The molecular weight excluding hydrogens is 457 g/mol. The summed E-state index contributed by atoms with van der Waals surface area (Å²) in [6, 6.07) is 10.9. The Labute approximate surface area is 210 Å². The van der Waals surface area contributed by atoms with E-state index in [4.69, 9.17) is 9.73 Å². The highest BCUT2D eigenvalue weighted by atomic mass is 19.1. The predicted molar refractivity (Wildman–Crippen MR) is 136 cm³/mol. The summed E-state index contributed by atoms with van der Waals surface area (Å²) in [5, 5.41) is 3.15. The van der Waals surface area contributed by atoms with Gasteiger partial charge in [0, 0.05) is 53.9 Å². The lowest BCUT2D eigenvalue weighted by Gasteiger charge is -2.33. The molecule has 1 N–H and O–H groups in total. The summed E-state index contributed by atoms with van der Waals surface area (Å²) in [5.74, 6) is 0.228. The quantitative estimate of drug-likeness (QED) is 0.551. The van der Waals surface area contributed by atoms with Crippen LogP contribution in [-0.2, 0) is 24.3 Å². The third-order valence-corrected chi connectivity index (χ3v) is 6.77. The van der Waals surface area contributed by atoms with Gasteiger partial charge in [0.15, 0.2) is 0 Å². The number of hydrogen-bond acceptors (Lipinski definition) is 6. The lowest BCUT2D eigenvalue weighted by Crippen LogP contribution is -2.47. The molecule has 36 heavy (non-hydrogen) atoms. The van der Waals surface area contributed by atoms with Crippen LogP contribution in [0, 0.1) is 12.7 Å². The maximum absolute atomic E-state index is 14.4. The molecule has 1 aromatic carbocycles. The Balaban J connectivity index is 1.19. The van der Waals surface area contributed by atoms with Crippen LogP contribution in [0.3, 0.4) is 0 Å². The normalized spacial score (nSPS) is 17.4. The number of pyridine rings is 2. The fraction of sp³-hybridized carbons (Fsp3) is 0.357. The fourth-order valence-electron chi connectivity index (χ4n) is 5.04. The Hall–Kier alpha value is -3.65. The lowest BCUT2D eigenvalue weighted by atomic mass is 10.0. The molecule has 0 radical (unpaired) electrons. The van der Waals surface area contributed by atoms with Crippen molar-refractivity contribution in [2.75, 3.05) is 20.2 Å². The Morgan fingerprint density at radius 3 is 2.97 bits per heavy atom. The van der Waals surface area contributed by atoms with E-state index in [0.717, 1.165) is 53.2 Å². The second-order valence-corrected chi connectivity index (χ2v) is 9.42. The molecule has 0 aliphatic carbocycles. The van der Waals surface area contributed by atoms with E-state index in [-0.39, 0.29) is 24.2 Å². The van der Waals surface area contributed by atoms with Crippen molar-refractivity contribution >= 4 is 11.6 Å². The van der Waals surface area contributed by atoms with Gasteiger partial charge in [-0.05, 0) is 62.2 Å². The molecule has 2 aromatic heterocycles. The SMILES string of the molecule is COc1cccc(F)c1CN1CCC[C@@H](NC(=O)Cc2cc3c(cn2)C(c2ccnc(C)c2)=NC3)C1. The van der Waals surface area contributed by atoms with E-state index in [2.05, 4.69) is 20.2 Å². The Morgan fingerprint density at radius 1 is 1.25 bits per heavy atom. The zero-order chi connectivity index (χ0) is 25.1. The Bertz CT molecular complexity index is 1310. The van der Waals surface area contributed by atoms with E-state index in [1.54, 1.807) is 25.4 Å². The monoisotopic (exact) mass is 487 g/mol. The van der Waals surface area contributed by atoms with Gasteiger partial charge >= 0.3 is 0 Å². The number of amides is 1. The number of benzene rings is 1. The number of ether oxygens (including phenoxy) is 1. The van der Waals surface area contributed by atoms with Crippen LogP contribution in [0.1, 0.15) is 46.5 Å². The molecule has 0 spiro atoms. The lowest BCUT2D eigenvalue weighted by molar-refractivity contribution is -0.121. The first-order chi connectivity index (χ1) is 17.5. The molecule has 186 valence electrons. The molecule has 0 unspecified atom stereocenters. The molecule has 2 aliphatic rings. The molecular formula is C28H30FN5O2. The van der Waals surface area contributed by atoms with Crippen LogP contribution in [0.2, 0.25) is 0 Å². The summed E-state index contributed by atoms with van der Waals surface area (Å²) >= 11 is 0. The van der Waals surface area contributed by atoms with Gasteiger partial charge in [0.25, 0.3) is 0 Å². The Morgan fingerprint density at radius 2 is 2.14 bits per heavy atom. The molecule has 1 amide bonds. The molecule has 0 bridgehead atoms. The van der Waals surface area contributed by atoms with Crippen molar-refractivity contribution in [3.63, 3.8) is 0 Å². The van der Waals surface area contributed by atoms with E-state index in [9.17, 15) is 9.18 Å². The molecule has 0 saturated carbocycles. The molecule has 4 heterocycles. The third-order valence-electron chi connectivity index (χ3n) is 6.77. The minimum absolute atomic E-state index is 0.0170. The average molecular weight is 488 g/mol. The number of rotatable bonds is 7. The zero-order valence-corrected chi connectivity index (χ0v) is 20.6. The number of methoxy groups -OCH3 is 1. The molecule has 8 heteroatoms. The van der Waals surface area contributed by atoms with E-state index in [0.29, 0.717) is 30.9 Å². The minimum Gasteiger partial charge on any atom is -0.496 e. The number of halogens is 1. The number of hydrogen-bond donors (Lipinski definition) is 1. The summed E-state index contributed by atoms with van der Waals surface area (Å²) < 4.78 is 19.7. The van der Waals surface area contributed by atoms with Crippen molar-refractivity contribution in [3.05, 3.63) is 88.3 Å². The van der Waals surface area contributed by atoms with Gasteiger partial charge in [0.05, 0.1) is 31.5 Å². The highest BCUT2D eigenvalue weighted by Crippen LogP contribution is 2.25. The maximum Gasteiger partial charge on any atom is 0.226 e. The molecule has 5 rings (SSSR count). The van der Waals surface area contributed by atoms with Crippen LogP contribution in [0.25, 0.3) is 0 Å². The Kier molecular flexibility index (Phi) is 7.04. The maximum atomic E-state index is 14.4. The van der Waals surface area contributed by atoms with Crippen molar-refractivity contribution in [2.24, 2.45) is 4.99 Å². The zero-order valence-electron chi connectivity index (χ0n) is 20.6. The smallest absolute Gasteiger partial charge is 0.226 e. The van der Waals surface area contributed by atoms with E-state index >= 15 is 0 Å². The standard InChI is InChI=1S/C28H30FN5O2/c1-18-11-19(8-9-30-18)28-23-15-31-22(12-20(23)14-32-28)13-27(35)33-21-5-4-10-34(16-21)17-24-25(29)6-3-7-26(24)36-2/h3,6-9,11-12,15,21H,4-5,10,13-14,16-17H2,1-2H3,(H,33,35)/t21-/m1/s1. The van der Waals surface area contributed by atoms with Gasteiger partial charge in [-0.15, -0.1) is 0 Å². The number of aliphatic imine (C=N–C) groups is 1. The van der Waals surface area contributed by atoms with Gasteiger partial charge in [0.1, 0.15) is 11.6 Å². The van der Waals surface area contributed by atoms with Crippen molar-refractivity contribution in [2.45, 2.75) is 45.3 Å². The van der Waals surface area contributed by atoms with E-state index < -0.39 is 0 Å². The van der Waals surface area contributed by atoms with E-state index in [1.165, 1.54) is 6.07 Å². The summed E-state index contributed by atoms with van der Waals surface area (Å²) in [4.78, 5) is 28.5. The van der Waals surface area contributed by atoms with Gasteiger partial charge in [-0.2, -0.15) is 0 Å². The number of piperidine rings is 1. The summed E-state index contributed by atoms with van der Waals surface area (Å²) in [7, 11) is 1.55. The highest BCUT2D eigenvalue weighted by Gasteiger charge is 2.24. The minimum atomic E-state index is -0.269. The number of likely N-dealkylation sites (tertiary alicyclic amines) is 1. The molecule has 1 saturated heterocycles. The van der Waals surface area contributed by atoms with Gasteiger partial charge < -0.3 is 10.1 Å². The highest BCUT2D eigenvalue weighted by molar-refractivity contribution is 6.15. The third kappa shape index (κ3) is 5.28. The number of carbonyl (C=O) groups is 1. The average Bonchev–Trinajstić information content (AvgIpc) is 3.29. The molecule has 2 aliphatic heterocycles. The predicted octanol–water partition coefficient (Wildman–Crippen LogP) is 3.61.